The first kappa shape index (κ1) is 12.0. The third kappa shape index (κ3) is 2.79. The number of carbonyl (C=O) groups excluding carboxylic acids is 1. The smallest absolute Gasteiger partial charge is 0.341 e. The van der Waals surface area contributed by atoms with E-state index in [2.05, 4.69) is 0 Å². The van der Waals surface area contributed by atoms with Crippen LogP contribution in [-0.2, 0) is 9.47 Å². The number of esters is 1. The van der Waals surface area contributed by atoms with Crippen molar-refractivity contribution in [3.05, 3.63) is 35.4 Å². The van der Waals surface area contributed by atoms with Crippen LogP contribution in [0.3, 0.4) is 0 Å². The Labute approximate surface area is 97.3 Å². The van der Waals surface area contributed by atoms with Gasteiger partial charge in [-0.3, -0.25) is 0 Å². The van der Waals surface area contributed by atoms with Crippen LogP contribution in [0, 0.1) is 11.6 Å². The molecule has 0 N–H and O–H groups in total. The molecule has 0 amide bonds. The molecule has 0 radical (unpaired) electrons. The maximum Gasteiger partial charge on any atom is 0.341 e. The van der Waals surface area contributed by atoms with Crippen molar-refractivity contribution in [2.24, 2.45) is 0 Å². The summed E-state index contributed by atoms with van der Waals surface area (Å²) in [6, 6.07) is 3.44. The van der Waals surface area contributed by atoms with E-state index in [9.17, 15) is 13.6 Å². The Morgan fingerprint density at radius 3 is 2.71 bits per heavy atom. The van der Waals surface area contributed by atoms with Crippen molar-refractivity contribution in [1.82, 2.24) is 0 Å². The Morgan fingerprint density at radius 1 is 1.29 bits per heavy atom. The average molecular weight is 242 g/mol. The van der Waals surface area contributed by atoms with Gasteiger partial charge in [-0.25, -0.2) is 13.6 Å². The zero-order chi connectivity index (χ0) is 12.3. The van der Waals surface area contributed by atoms with Gasteiger partial charge < -0.3 is 9.47 Å². The minimum Gasteiger partial charge on any atom is -0.459 e. The molecule has 1 aromatic rings. The maximum absolute atomic E-state index is 13.3. The van der Waals surface area contributed by atoms with Gasteiger partial charge in [0, 0.05) is 12.8 Å². The molecule has 5 heteroatoms. The molecule has 0 unspecified atom stereocenters. The molecular formula is C12H12F2O3. The summed E-state index contributed by atoms with van der Waals surface area (Å²) in [5.41, 5.74) is -0.364. The minimum atomic E-state index is -1.16. The van der Waals surface area contributed by atoms with Gasteiger partial charge >= 0.3 is 5.97 Å². The Bertz CT molecular complexity index is 414. The summed E-state index contributed by atoms with van der Waals surface area (Å²) in [6.07, 6.45) is 0.893. The normalized spacial score (nSPS) is 16.8. The van der Waals surface area contributed by atoms with E-state index in [-0.39, 0.29) is 11.7 Å². The molecular weight excluding hydrogens is 230 g/mol. The Morgan fingerprint density at radius 2 is 2.00 bits per heavy atom. The lowest BCUT2D eigenvalue weighted by Gasteiger charge is -2.22. The second-order valence-corrected chi connectivity index (χ2v) is 3.82. The van der Waals surface area contributed by atoms with E-state index in [0.717, 1.165) is 6.07 Å². The van der Waals surface area contributed by atoms with Crippen molar-refractivity contribution in [3.8, 4) is 0 Å². The van der Waals surface area contributed by atoms with Gasteiger partial charge in [-0.2, -0.15) is 0 Å². The Balaban J connectivity index is 2.06. The number of hydrogen-bond acceptors (Lipinski definition) is 3. The summed E-state index contributed by atoms with van der Waals surface area (Å²) in [4.78, 5) is 11.6. The lowest BCUT2D eigenvalue weighted by atomic mass is 10.1. The van der Waals surface area contributed by atoms with E-state index in [1.807, 2.05) is 0 Å². The van der Waals surface area contributed by atoms with E-state index in [1.54, 1.807) is 0 Å². The summed E-state index contributed by atoms with van der Waals surface area (Å²) in [5.74, 6) is -3.04. The van der Waals surface area contributed by atoms with Crippen molar-refractivity contribution in [2.45, 2.75) is 18.9 Å². The average Bonchev–Trinajstić information content (AvgIpc) is 2.34. The highest BCUT2D eigenvalue weighted by Crippen LogP contribution is 2.16. The zero-order valence-electron chi connectivity index (χ0n) is 9.12. The number of carbonyl (C=O) groups is 1. The summed E-state index contributed by atoms with van der Waals surface area (Å²) >= 11 is 0. The lowest BCUT2D eigenvalue weighted by Crippen LogP contribution is -2.26. The van der Waals surface area contributed by atoms with E-state index in [4.69, 9.17) is 9.47 Å². The molecule has 0 saturated carbocycles. The van der Waals surface area contributed by atoms with Crippen molar-refractivity contribution in [2.75, 3.05) is 13.2 Å². The molecule has 92 valence electrons. The zero-order valence-corrected chi connectivity index (χ0v) is 9.12. The van der Waals surface area contributed by atoms with Crippen LogP contribution in [0.15, 0.2) is 18.2 Å². The fraction of sp³-hybridized carbons (Fsp3) is 0.417. The van der Waals surface area contributed by atoms with Gasteiger partial charge in [0.1, 0.15) is 6.10 Å². The van der Waals surface area contributed by atoms with Crippen LogP contribution in [0.2, 0.25) is 0 Å². The van der Waals surface area contributed by atoms with E-state index < -0.39 is 17.6 Å². The Hall–Kier alpha value is -1.49. The van der Waals surface area contributed by atoms with Gasteiger partial charge in [-0.1, -0.05) is 6.07 Å². The van der Waals surface area contributed by atoms with Gasteiger partial charge in [0.25, 0.3) is 0 Å². The van der Waals surface area contributed by atoms with E-state index >= 15 is 0 Å². The monoisotopic (exact) mass is 242 g/mol. The molecule has 1 fully saturated rings. The summed E-state index contributed by atoms with van der Waals surface area (Å²) in [5, 5.41) is 0. The fourth-order valence-electron chi connectivity index (χ4n) is 1.67. The van der Waals surface area contributed by atoms with Crippen LogP contribution in [-0.4, -0.2) is 25.3 Å². The van der Waals surface area contributed by atoms with Crippen molar-refractivity contribution in [3.63, 3.8) is 0 Å². The summed E-state index contributed by atoms with van der Waals surface area (Å²) in [7, 11) is 0. The van der Waals surface area contributed by atoms with Crippen molar-refractivity contribution in [1.29, 1.82) is 0 Å². The van der Waals surface area contributed by atoms with Crippen LogP contribution in [0.25, 0.3) is 0 Å². The fourth-order valence-corrected chi connectivity index (χ4v) is 1.67. The Kier molecular flexibility index (Phi) is 3.68. The number of halogens is 2. The molecule has 0 aliphatic carbocycles. The lowest BCUT2D eigenvalue weighted by molar-refractivity contribution is -0.0162. The number of rotatable bonds is 2. The number of benzene rings is 1. The van der Waals surface area contributed by atoms with Crippen LogP contribution < -0.4 is 0 Å². The minimum absolute atomic E-state index is 0.279. The molecule has 1 heterocycles. The molecule has 17 heavy (non-hydrogen) atoms. The molecule has 1 aliphatic rings. The molecule has 0 aromatic heterocycles. The van der Waals surface area contributed by atoms with E-state index in [0.29, 0.717) is 26.1 Å². The van der Waals surface area contributed by atoms with Gasteiger partial charge in [-0.15, -0.1) is 0 Å². The molecule has 3 nitrogen and oxygen atoms in total. The largest absolute Gasteiger partial charge is 0.459 e. The predicted molar refractivity (Wildman–Crippen MR) is 55.6 cm³/mol. The molecule has 0 bridgehead atoms. The van der Waals surface area contributed by atoms with Crippen LogP contribution >= 0.6 is 0 Å². The van der Waals surface area contributed by atoms with Gasteiger partial charge in [0.2, 0.25) is 0 Å². The molecule has 0 spiro atoms. The second-order valence-electron chi connectivity index (χ2n) is 3.82. The highest BCUT2D eigenvalue weighted by atomic mass is 19.2. The maximum atomic E-state index is 13.3. The highest BCUT2D eigenvalue weighted by Gasteiger charge is 2.22. The third-order valence-electron chi connectivity index (χ3n) is 2.61. The topological polar surface area (TPSA) is 35.5 Å². The summed E-state index contributed by atoms with van der Waals surface area (Å²) in [6.45, 7) is 1.03. The number of ether oxygens (including phenoxy) is 2. The molecule has 0 atom stereocenters. The van der Waals surface area contributed by atoms with Crippen LogP contribution in [0.4, 0.5) is 8.78 Å². The first-order valence-corrected chi connectivity index (χ1v) is 5.41. The summed E-state index contributed by atoms with van der Waals surface area (Å²) < 4.78 is 36.4. The van der Waals surface area contributed by atoms with Crippen molar-refractivity contribution >= 4 is 5.97 Å². The molecule has 1 aliphatic heterocycles. The third-order valence-corrected chi connectivity index (χ3v) is 2.61. The van der Waals surface area contributed by atoms with Gasteiger partial charge in [-0.05, 0) is 12.1 Å². The molecule has 1 aromatic carbocycles. The van der Waals surface area contributed by atoms with Gasteiger partial charge in [0.05, 0.1) is 18.8 Å². The molecule has 2 rings (SSSR count). The van der Waals surface area contributed by atoms with E-state index in [1.165, 1.54) is 12.1 Å². The quantitative estimate of drug-likeness (QED) is 0.746. The second kappa shape index (κ2) is 5.23. The number of hydrogen-bond donors (Lipinski definition) is 0. The SMILES string of the molecule is O=C(OC1CCOCC1)c1cccc(F)c1F. The standard InChI is InChI=1S/C12H12F2O3/c13-10-3-1-2-9(11(10)14)12(15)17-8-4-6-16-7-5-8/h1-3,8H,4-7H2. The van der Waals surface area contributed by atoms with Crippen LogP contribution in [0.1, 0.15) is 23.2 Å². The van der Waals surface area contributed by atoms with Crippen LogP contribution in [0.5, 0.6) is 0 Å². The van der Waals surface area contributed by atoms with Crippen molar-refractivity contribution < 1.29 is 23.0 Å². The molecule has 1 saturated heterocycles. The van der Waals surface area contributed by atoms with Gasteiger partial charge in [0.15, 0.2) is 11.6 Å². The highest BCUT2D eigenvalue weighted by molar-refractivity contribution is 5.89. The first-order valence-electron chi connectivity index (χ1n) is 5.41. The predicted octanol–water partition coefficient (Wildman–Crippen LogP) is 2.30. The first-order chi connectivity index (χ1) is 8.18.